The molecule has 2 unspecified atom stereocenters. The quantitative estimate of drug-likeness (QED) is 0.762. The van der Waals surface area contributed by atoms with Crippen LogP contribution >= 0.6 is 0 Å². The van der Waals surface area contributed by atoms with E-state index in [0.717, 1.165) is 37.1 Å². The lowest BCUT2D eigenvalue weighted by atomic mass is 10.0. The molecule has 2 fully saturated rings. The van der Waals surface area contributed by atoms with E-state index in [1.165, 1.54) is 0 Å². The van der Waals surface area contributed by atoms with Crippen molar-refractivity contribution in [1.29, 1.82) is 0 Å². The number of carbonyl (C=O) groups excluding carboxylic acids is 1. The number of amides is 1. The molecule has 0 aromatic heterocycles. The van der Waals surface area contributed by atoms with Crippen LogP contribution in [0.25, 0.3) is 0 Å². The molecule has 1 aromatic rings. The number of nitrogens with zero attached hydrogens (tertiary/aromatic N) is 2. The summed E-state index contributed by atoms with van der Waals surface area (Å²) in [4.78, 5) is 16.6. The first kappa shape index (κ1) is 17.4. The van der Waals surface area contributed by atoms with E-state index < -0.39 is 9.84 Å². The van der Waals surface area contributed by atoms with Gasteiger partial charge in [0.05, 0.1) is 24.1 Å². The molecule has 2 atom stereocenters. The zero-order valence-corrected chi connectivity index (χ0v) is 15.3. The Labute approximate surface area is 144 Å². The van der Waals surface area contributed by atoms with Crippen molar-refractivity contribution in [3.8, 4) is 0 Å². The number of sulfone groups is 1. The Morgan fingerprint density at radius 1 is 1.17 bits per heavy atom. The molecule has 2 heterocycles. The van der Waals surface area contributed by atoms with Crippen LogP contribution in [0.4, 0.5) is 5.69 Å². The number of rotatable bonds is 5. The predicted octanol–water partition coefficient (Wildman–Crippen LogP) is 2.00. The van der Waals surface area contributed by atoms with Gasteiger partial charge in [0.25, 0.3) is 0 Å². The van der Waals surface area contributed by atoms with Crippen molar-refractivity contribution in [1.82, 2.24) is 4.90 Å². The van der Waals surface area contributed by atoms with Crippen LogP contribution in [-0.2, 0) is 14.6 Å². The minimum absolute atomic E-state index is 0.00967. The molecule has 24 heavy (non-hydrogen) atoms. The van der Waals surface area contributed by atoms with Crippen LogP contribution in [0.2, 0.25) is 0 Å². The highest BCUT2D eigenvalue weighted by atomic mass is 32.2. The van der Waals surface area contributed by atoms with Crippen molar-refractivity contribution in [2.45, 2.75) is 45.2 Å². The van der Waals surface area contributed by atoms with Gasteiger partial charge in [-0.2, -0.15) is 0 Å². The van der Waals surface area contributed by atoms with Gasteiger partial charge in [-0.15, -0.1) is 0 Å². The van der Waals surface area contributed by atoms with Crippen molar-refractivity contribution in [3.63, 3.8) is 0 Å². The van der Waals surface area contributed by atoms with Gasteiger partial charge >= 0.3 is 0 Å². The fraction of sp³-hybridized carbons (Fsp3) is 0.611. The molecule has 0 saturated carbocycles. The molecule has 2 aliphatic rings. The zero-order valence-electron chi connectivity index (χ0n) is 14.4. The summed E-state index contributed by atoms with van der Waals surface area (Å²) in [5.41, 5.74) is 1.89. The maximum absolute atomic E-state index is 12.8. The number of carbonyl (C=O) groups is 1. The van der Waals surface area contributed by atoms with Gasteiger partial charge in [-0.25, -0.2) is 8.42 Å². The number of fused-ring (bicyclic) bond motifs is 1. The van der Waals surface area contributed by atoms with Crippen LogP contribution in [0, 0.1) is 6.92 Å². The number of benzene rings is 1. The van der Waals surface area contributed by atoms with Crippen molar-refractivity contribution in [2.24, 2.45) is 0 Å². The topological polar surface area (TPSA) is 57.7 Å². The normalized spacial score (nSPS) is 26.6. The Balaban J connectivity index is 1.89. The van der Waals surface area contributed by atoms with Crippen LogP contribution in [0.5, 0.6) is 0 Å². The molecule has 6 heteroatoms. The second-order valence-corrected chi connectivity index (χ2v) is 9.15. The van der Waals surface area contributed by atoms with E-state index in [9.17, 15) is 13.2 Å². The molecule has 0 radical (unpaired) electrons. The molecule has 0 spiro atoms. The third kappa shape index (κ3) is 3.49. The summed E-state index contributed by atoms with van der Waals surface area (Å²) in [6, 6.07) is 7.43. The molecule has 2 aliphatic heterocycles. The Morgan fingerprint density at radius 2 is 1.92 bits per heavy atom. The first-order chi connectivity index (χ1) is 11.4. The summed E-state index contributed by atoms with van der Waals surface area (Å²) in [5.74, 6) is 0.247. The first-order valence-corrected chi connectivity index (χ1v) is 10.6. The molecular weight excluding hydrogens is 324 g/mol. The minimum atomic E-state index is -3.10. The van der Waals surface area contributed by atoms with Gasteiger partial charge in [0, 0.05) is 11.7 Å². The summed E-state index contributed by atoms with van der Waals surface area (Å²) in [5, 5.41) is 0. The lowest BCUT2D eigenvalue weighted by Gasteiger charge is -2.43. The van der Waals surface area contributed by atoms with Crippen LogP contribution in [0.1, 0.15) is 31.7 Å². The molecule has 0 bridgehead atoms. The first-order valence-electron chi connectivity index (χ1n) is 8.74. The Kier molecular flexibility index (Phi) is 4.97. The predicted molar refractivity (Wildman–Crippen MR) is 96.0 cm³/mol. The third-order valence-electron chi connectivity index (χ3n) is 5.03. The molecule has 2 saturated heterocycles. The number of anilines is 1. The van der Waals surface area contributed by atoms with Crippen LogP contribution in [0.3, 0.4) is 0 Å². The summed E-state index contributed by atoms with van der Waals surface area (Å²) in [6.07, 6.45) is 3.23. The number of aryl methyl sites for hydroxylation is 1. The van der Waals surface area contributed by atoms with E-state index in [0.29, 0.717) is 6.54 Å². The highest BCUT2D eigenvalue weighted by molar-refractivity contribution is 7.91. The number of hydrogen-bond donors (Lipinski definition) is 0. The van der Waals surface area contributed by atoms with Gasteiger partial charge in [0.2, 0.25) is 5.91 Å². The lowest BCUT2D eigenvalue weighted by Crippen LogP contribution is -2.62. The van der Waals surface area contributed by atoms with Crippen LogP contribution < -0.4 is 4.90 Å². The highest BCUT2D eigenvalue weighted by Gasteiger charge is 2.49. The average molecular weight is 350 g/mol. The maximum Gasteiger partial charge on any atom is 0.241 e. The van der Waals surface area contributed by atoms with Crippen molar-refractivity contribution in [3.05, 3.63) is 29.8 Å². The summed E-state index contributed by atoms with van der Waals surface area (Å²) in [7, 11) is -3.10. The molecule has 5 nitrogen and oxygen atoms in total. The second-order valence-electron chi connectivity index (χ2n) is 6.99. The largest absolute Gasteiger partial charge is 0.306 e. The SMILES string of the molecule is CCCCCN1CC(=O)N(c2cccc(C)c2)C2CS(=O)(=O)CC21. The Hall–Kier alpha value is -1.40. The van der Waals surface area contributed by atoms with Gasteiger partial charge in [0.15, 0.2) is 9.84 Å². The van der Waals surface area contributed by atoms with Crippen molar-refractivity contribution in [2.75, 3.05) is 29.5 Å². The zero-order chi connectivity index (χ0) is 17.3. The minimum Gasteiger partial charge on any atom is -0.306 e. The van der Waals surface area contributed by atoms with E-state index in [1.54, 1.807) is 4.90 Å². The monoisotopic (exact) mass is 350 g/mol. The molecule has 0 N–H and O–H groups in total. The summed E-state index contributed by atoms with van der Waals surface area (Å²) < 4.78 is 24.5. The maximum atomic E-state index is 12.8. The molecule has 1 aromatic carbocycles. The molecule has 1 amide bonds. The third-order valence-corrected chi connectivity index (χ3v) is 6.73. The van der Waals surface area contributed by atoms with Gasteiger partial charge in [-0.1, -0.05) is 31.9 Å². The lowest BCUT2D eigenvalue weighted by molar-refractivity contribution is -0.123. The number of unbranched alkanes of at least 4 members (excludes halogenated alkanes) is 2. The smallest absolute Gasteiger partial charge is 0.241 e. The van der Waals surface area contributed by atoms with Gasteiger partial charge < -0.3 is 4.90 Å². The Morgan fingerprint density at radius 3 is 2.62 bits per heavy atom. The van der Waals surface area contributed by atoms with Gasteiger partial charge in [-0.05, 0) is 37.6 Å². The van der Waals surface area contributed by atoms with Gasteiger partial charge in [-0.3, -0.25) is 9.69 Å². The van der Waals surface area contributed by atoms with E-state index >= 15 is 0 Å². The second kappa shape index (κ2) is 6.84. The standard InChI is InChI=1S/C18H26N2O3S/c1-3-4-5-9-19-11-18(21)20(15-8-6-7-14(2)10-15)17-13-24(22,23)12-16(17)19/h6-8,10,16-17H,3-5,9,11-13H2,1-2H3. The molecule has 0 aliphatic carbocycles. The van der Waals surface area contributed by atoms with E-state index in [1.807, 2.05) is 31.2 Å². The van der Waals surface area contributed by atoms with Crippen LogP contribution in [0.15, 0.2) is 24.3 Å². The fourth-order valence-electron chi connectivity index (χ4n) is 3.88. The molecular formula is C18H26N2O3S. The van der Waals surface area contributed by atoms with Gasteiger partial charge in [0.1, 0.15) is 0 Å². The van der Waals surface area contributed by atoms with Crippen molar-refractivity contribution >= 4 is 21.4 Å². The van der Waals surface area contributed by atoms with E-state index in [4.69, 9.17) is 0 Å². The van der Waals surface area contributed by atoms with Crippen LogP contribution in [-0.4, -0.2) is 55.9 Å². The average Bonchev–Trinajstić information content (AvgIpc) is 2.82. The summed E-state index contributed by atoms with van der Waals surface area (Å²) in [6.45, 7) is 5.24. The van der Waals surface area contributed by atoms with Crippen molar-refractivity contribution < 1.29 is 13.2 Å². The van der Waals surface area contributed by atoms with E-state index in [2.05, 4.69) is 11.8 Å². The number of hydrogen-bond acceptors (Lipinski definition) is 4. The molecule has 132 valence electrons. The molecule has 3 rings (SSSR count). The fourth-order valence-corrected chi connectivity index (χ4v) is 5.86. The van der Waals surface area contributed by atoms with E-state index in [-0.39, 0.29) is 29.5 Å². The Bertz CT molecular complexity index is 717. The highest BCUT2D eigenvalue weighted by Crippen LogP contribution is 2.32. The summed E-state index contributed by atoms with van der Waals surface area (Å²) >= 11 is 0. The number of piperazine rings is 1.